The first-order chi connectivity index (χ1) is 6.74. The summed E-state index contributed by atoms with van der Waals surface area (Å²) in [4.78, 5) is 0. The van der Waals surface area contributed by atoms with E-state index in [9.17, 15) is 5.11 Å². The van der Waals surface area contributed by atoms with Gasteiger partial charge in [-0.15, -0.1) is 0 Å². The maximum absolute atomic E-state index is 9.87. The Morgan fingerprint density at radius 3 is 3.07 bits per heavy atom. The summed E-state index contributed by atoms with van der Waals surface area (Å²) in [6.45, 7) is 2.60. The molecule has 0 radical (unpaired) electrons. The lowest BCUT2D eigenvalue weighted by molar-refractivity contribution is 0.255. The summed E-state index contributed by atoms with van der Waals surface area (Å²) >= 11 is 0. The SMILES string of the molecule is CCc1ccc2c(c1O)OCC[C@H]2N. The second kappa shape index (κ2) is 3.50. The summed E-state index contributed by atoms with van der Waals surface area (Å²) < 4.78 is 5.44. The Bertz CT molecular complexity index is 349. The number of aromatic hydroxyl groups is 1. The predicted molar refractivity (Wildman–Crippen MR) is 54.5 cm³/mol. The number of hydrogen-bond acceptors (Lipinski definition) is 3. The number of nitrogens with two attached hydrogens (primary N) is 1. The average molecular weight is 193 g/mol. The summed E-state index contributed by atoms with van der Waals surface area (Å²) in [5, 5.41) is 9.87. The van der Waals surface area contributed by atoms with Crippen molar-refractivity contribution < 1.29 is 9.84 Å². The Labute approximate surface area is 83.5 Å². The normalized spacial score (nSPS) is 20.0. The van der Waals surface area contributed by atoms with Crippen molar-refractivity contribution in [3.05, 3.63) is 23.3 Å². The van der Waals surface area contributed by atoms with Crippen LogP contribution in [0.1, 0.15) is 30.5 Å². The molecule has 1 aromatic rings. The number of phenols is 1. The predicted octanol–water partition coefficient (Wildman–Crippen LogP) is 1.74. The molecule has 0 aromatic heterocycles. The van der Waals surface area contributed by atoms with Gasteiger partial charge in [0.15, 0.2) is 11.5 Å². The van der Waals surface area contributed by atoms with Gasteiger partial charge in [-0.1, -0.05) is 19.1 Å². The fraction of sp³-hybridized carbons (Fsp3) is 0.455. The zero-order valence-corrected chi connectivity index (χ0v) is 8.29. The van der Waals surface area contributed by atoms with Gasteiger partial charge in [0.25, 0.3) is 0 Å². The number of phenolic OH excluding ortho intramolecular Hbond substituents is 1. The molecule has 1 aliphatic rings. The summed E-state index contributed by atoms with van der Waals surface area (Å²) in [7, 11) is 0. The van der Waals surface area contributed by atoms with Crippen LogP contribution in [0, 0.1) is 0 Å². The van der Waals surface area contributed by atoms with Crippen molar-refractivity contribution in [2.45, 2.75) is 25.8 Å². The summed E-state index contributed by atoms with van der Waals surface area (Å²) in [6, 6.07) is 3.87. The van der Waals surface area contributed by atoms with Gasteiger partial charge in [-0.2, -0.15) is 0 Å². The number of hydrogen-bond donors (Lipinski definition) is 2. The maximum atomic E-state index is 9.87. The molecule has 2 rings (SSSR count). The van der Waals surface area contributed by atoms with E-state index in [1.807, 2.05) is 19.1 Å². The highest BCUT2D eigenvalue weighted by Crippen LogP contribution is 2.40. The van der Waals surface area contributed by atoms with Crippen molar-refractivity contribution in [1.29, 1.82) is 0 Å². The van der Waals surface area contributed by atoms with E-state index < -0.39 is 0 Å². The molecule has 0 bridgehead atoms. The minimum Gasteiger partial charge on any atom is -0.504 e. The minimum atomic E-state index is -0.00411. The minimum absolute atomic E-state index is 0.00411. The average Bonchev–Trinajstić information content (AvgIpc) is 2.20. The Kier molecular flexibility index (Phi) is 2.33. The zero-order valence-electron chi connectivity index (χ0n) is 8.29. The maximum Gasteiger partial charge on any atom is 0.165 e. The largest absolute Gasteiger partial charge is 0.504 e. The molecule has 14 heavy (non-hydrogen) atoms. The Morgan fingerprint density at radius 1 is 1.57 bits per heavy atom. The van der Waals surface area contributed by atoms with E-state index in [0.717, 1.165) is 24.0 Å². The van der Waals surface area contributed by atoms with Gasteiger partial charge in [-0.05, 0) is 12.0 Å². The lowest BCUT2D eigenvalue weighted by atomic mass is 9.98. The second-order valence-corrected chi connectivity index (χ2v) is 3.59. The van der Waals surface area contributed by atoms with Gasteiger partial charge < -0.3 is 15.6 Å². The van der Waals surface area contributed by atoms with Crippen LogP contribution in [-0.2, 0) is 6.42 Å². The molecule has 0 aliphatic carbocycles. The van der Waals surface area contributed by atoms with Crippen LogP contribution >= 0.6 is 0 Å². The van der Waals surface area contributed by atoms with Gasteiger partial charge in [-0.25, -0.2) is 0 Å². The molecule has 3 heteroatoms. The van der Waals surface area contributed by atoms with E-state index in [2.05, 4.69) is 0 Å². The highest BCUT2D eigenvalue weighted by Gasteiger charge is 2.22. The standard InChI is InChI=1S/C11H15NO2/c1-2-7-3-4-8-9(12)5-6-14-11(8)10(7)13/h3-4,9,13H,2,5-6,12H2,1H3/t9-/m1/s1. The third-order valence-corrected chi connectivity index (χ3v) is 2.70. The molecule has 1 aromatic carbocycles. The van der Waals surface area contributed by atoms with Crippen molar-refractivity contribution in [3.63, 3.8) is 0 Å². The van der Waals surface area contributed by atoms with Crippen LogP contribution in [0.25, 0.3) is 0 Å². The first kappa shape index (κ1) is 9.34. The van der Waals surface area contributed by atoms with Gasteiger partial charge in [0, 0.05) is 18.0 Å². The lowest BCUT2D eigenvalue weighted by Gasteiger charge is -2.24. The third kappa shape index (κ3) is 1.34. The fourth-order valence-corrected chi connectivity index (χ4v) is 1.80. The van der Waals surface area contributed by atoms with Gasteiger partial charge in [0.2, 0.25) is 0 Å². The van der Waals surface area contributed by atoms with E-state index in [-0.39, 0.29) is 11.8 Å². The Hall–Kier alpha value is -1.22. The van der Waals surface area contributed by atoms with Crippen LogP contribution in [0.4, 0.5) is 0 Å². The molecule has 0 saturated heterocycles. The van der Waals surface area contributed by atoms with Crippen molar-refractivity contribution >= 4 is 0 Å². The van der Waals surface area contributed by atoms with Crippen LogP contribution in [0.5, 0.6) is 11.5 Å². The molecule has 3 nitrogen and oxygen atoms in total. The molecule has 0 spiro atoms. The molecule has 1 aliphatic heterocycles. The van der Waals surface area contributed by atoms with Gasteiger partial charge in [0.1, 0.15) is 0 Å². The molecule has 0 saturated carbocycles. The van der Waals surface area contributed by atoms with Crippen molar-refractivity contribution in [2.24, 2.45) is 5.73 Å². The lowest BCUT2D eigenvalue weighted by Crippen LogP contribution is -2.20. The van der Waals surface area contributed by atoms with Crippen molar-refractivity contribution in [1.82, 2.24) is 0 Å². The number of ether oxygens (including phenoxy) is 1. The third-order valence-electron chi connectivity index (χ3n) is 2.70. The highest BCUT2D eigenvalue weighted by atomic mass is 16.5. The smallest absolute Gasteiger partial charge is 0.165 e. The number of benzene rings is 1. The number of fused-ring (bicyclic) bond motifs is 1. The Balaban J connectivity index is 2.52. The summed E-state index contributed by atoms with van der Waals surface area (Å²) in [5.41, 5.74) is 7.75. The van der Waals surface area contributed by atoms with E-state index in [0.29, 0.717) is 12.4 Å². The van der Waals surface area contributed by atoms with Crippen LogP contribution in [0.2, 0.25) is 0 Å². The second-order valence-electron chi connectivity index (χ2n) is 3.59. The van der Waals surface area contributed by atoms with Gasteiger partial charge >= 0.3 is 0 Å². The fourth-order valence-electron chi connectivity index (χ4n) is 1.80. The summed E-state index contributed by atoms with van der Waals surface area (Å²) in [5.74, 6) is 0.850. The molecule has 1 heterocycles. The molecule has 76 valence electrons. The van der Waals surface area contributed by atoms with Crippen LogP contribution in [0.3, 0.4) is 0 Å². The zero-order chi connectivity index (χ0) is 10.1. The molecular formula is C11H15NO2. The van der Waals surface area contributed by atoms with Crippen molar-refractivity contribution in [3.8, 4) is 11.5 Å². The van der Waals surface area contributed by atoms with Crippen LogP contribution in [-0.4, -0.2) is 11.7 Å². The van der Waals surface area contributed by atoms with E-state index in [1.165, 1.54) is 0 Å². The van der Waals surface area contributed by atoms with Crippen molar-refractivity contribution in [2.75, 3.05) is 6.61 Å². The molecule has 0 unspecified atom stereocenters. The highest BCUT2D eigenvalue weighted by molar-refractivity contribution is 5.52. The molecule has 0 fully saturated rings. The summed E-state index contributed by atoms with van der Waals surface area (Å²) in [6.07, 6.45) is 1.62. The first-order valence-corrected chi connectivity index (χ1v) is 4.97. The van der Waals surface area contributed by atoms with Gasteiger partial charge in [0.05, 0.1) is 6.61 Å². The first-order valence-electron chi connectivity index (χ1n) is 4.97. The van der Waals surface area contributed by atoms with Crippen LogP contribution < -0.4 is 10.5 Å². The van der Waals surface area contributed by atoms with Crippen LogP contribution in [0.15, 0.2) is 12.1 Å². The molecule has 0 amide bonds. The van der Waals surface area contributed by atoms with E-state index in [1.54, 1.807) is 0 Å². The quantitative estimate of drug-likeness (QED) is 0.714. The van der Waals surface area contributed by atoms with E-state index in [4.69, 9.17) is 10.5 Å². The molecular weight excluding hydrogens is 178 g/mol. The Morgan fingerprint density at radius 2 is 2.36 bits per heavy atom. The van der Waals surface area contributed by atoms with E-state index >= 15 is 0 Å². The number of rotatable bonds is 1. The molecule has 3 N–H and O–H groups in total. The number of aryl methyl sites for hydroxylation is 1. The van der Waals surface area contributed by atoms with Gasteiger partial charge in [-0.3, -0.25) is 0 Å². The molecule has 1 atom stereocenters. The monoisotopic (exact) mass is 193 g/mol. The topological polar surface area (TPSA) is 55.5 Å².